The number of esters is 4. The summed E-state index contributed by atoms with van der Waals surface area (Å²) >= 11 is 0. The Labute approximate surface area is 744 Å². The molecular weight excluding hydrogens is 1640 g/mol. The maximum absolute atomic E-state index is 13.2. The maximum atomic E-state index is 13.2. The largest absolute Gasteiger partial charge is 0.490 e. The SMILES string of the molecule is C=C(C)C(=O)OCCOc1ccc(-[s+]2c3ccccc3c3ccccc32)cc1.C=C(C)C(=O)OCCOc1ccc([S+]2c3ccccc3Oc3ccccc32)cc1.C=C(C)C(=O)Oc1ccc(C(=O)C([S+]2CCCCC2)C(C)(C)C)cc1.C=C(C)C(=O)Oc1ccc([S+]2CCCC2)c2ccccc12.C=Cc1ccc([S+](c2ccccc2)c2ccccc2)cc1. The molecule has 16 rings (SSSR count). The second-order valence-electron chi connectivity index (χ2n) is 31.0. The van der Waals surface area contributed by atoms with Gasteiger partial charge in [0.15, 0.2) is 55.5 Å². The van der Waals surface area contributed by atoms with Crippen LogP contribution in [0.4, 0.5) is 0 Å². The quantitative estimate of drug-likeness (QED) is 0.0141. The molecule has 17 heteroatoms. The smallest absolute Gasteiger partial charge is 0.338 e. The van der Waals surface area contributed by atoms with Crippen LogP contribution < -0.4 is 23.7 Å². The zero-order valence-corrected chi connectivity index (χ0v) is 75.6. The van der Waals surface area contributed by atoms with Crippen LogP contribution in [0.1, 0.15) is 96.5 Å². The van der Waals surface area contributed by atoms with Gasteiger partial charge in [-0.25, -0.2) is 19.2 Å². The van der Waals surface area contributed by atoms with Gasteiger partial charge >= 0.3 is 23.9 Å². The minimum Gasteiger partial charge on any atom is -0.490 e. The molecule has 0 saturated carbocycles. The van der Waals surface area contributed by atoms with E-state index in [0.29, 0.717) is 63.5 Å². The van der Waals surface area contributed by atoms with Gasteiger partial charge in [-0.05, 0) is 252 Å². The van der Waals surface area contributed by atoms with Crippen molar-refractivity contribution in [3.8, 4) is 39.4 Å². The first-order valence-corrected chi connectivity index (χ1v) is 48.4. The molecule has 0 radical (unpaired) electrons. The third kappa shape index (κ3) is 24.2. The number of para-hydroxylation sites is 2. The van der Waals surface area contributed by atoms with Gasteiger partial charge in [0.05, 0.1) is 10.9 Å². The fraction of sp³-hybridized carbons (Fsp3) is 0.206. The van der Waals surface area contributed by atoms with Crippen molar-refractivity contribution in [1.29, 1.82) is 0 Å². The van der Waals surface area contributed by atoms with Gasteiger partial charge < -0.3 is 33.2 Å². The molecule has 0 N–H and O–H groups in total. The minimum atomic E-state index is -0.449. The van der Waals surface area contributed by atoms with E-state index in [1.165, 1.54) is 120 Å². The minimum absolute atomic E-state index is 0.0524. The van der Waals surface area contributed by atoms with Gasteiger partial charge in [-0.3, -0.25) is 4.79 Å². The summed E-state index contributed by atoms with van der Waals surface area (Å²) in [7, 11) is 0.0913. The van der Waals surface area contributed by atoms with Crippen molar-refractivity contribution >= 4 is 121 Å². The van der Waals surface area contributed by atoms with Gasteiger partial charge in [0, 0.05) is 88.3 Å². The van der Waals surface area contributed by atoms with E-state index in [4.69, 9.17) is 33.2 Å². The van der Waals surface area contributed by atoms with E-state index in [9.17, 15) is 24.0 Å². The lowest BCUT2D eigenvalue weighted by Gasteiger charge is -2.31. The normalized spacial score (nSPS) is 13.1. The number of carbonyl (C=O) groups is 5. The lowest BCUT2D eigenvalue weighted by molar-refractivity contribution is -0.140. The molecular formula is C107H107O12S5+5. The third-order valence-electron chi connectivity index (χ3n) is 20.3. The molecule has 0 spiro atoms. The zero-order valence-electron chi connectivity index (χ0n) is 71.5. The molecule has 0 bridgehead atoms. The first-order valence-electron chi connectivity index (χ1n) is 41.5. The van der Waals surface area contributed by atoms with Crippen LogP contribution in [0, 0.1) is 5.41 Å². The second-order valence-corrected chi connectivity index (χ2v) is 41.5. The van der Waals surface area contributed by atoms with E-state index >= 15 is 0 Å². The van der Waals surface area contributed by atoms with Crippen molar-refractivity contribution in [3.63, 3.8) is 0 Å². The average Bonchev–Trinajstić information content (AvgIpc) is 1.39. The van der Waals surface area contributed by atoms with Crippen LogP contribution in [-0.4, -0.2) is 84.3 Å². The molecule has 124 heavy (non-hydrogen) atoms. The molecule has 12 nitrogen and oxygen atoms in total. The first kappa shape index (κ1) is 91.4. The Balaban J connectivity index is 0.000000142. The van der Waals surface area contributed by atoms with E-state index in [2.05, 4.69) is 242 Å². The summed E-state index contributed by atoms with van der Waals surface area (Å²) in [6.07, 6.45) is 8.29. The monoisotopic (exact) mass is 1740 g/mol. The van der Waals surface area contributed by atoms with Gasteiger partial charge in [-0.15, -0.1) is 0 Å². The number of carbonyl (C=O) groups excluding carboxylic acids is 5. The van der Waals surface area contributed by atoms with Gasteiger partial charge in [0.25, 0.3) is 0 Å². The van der Waals surface area contributed by atoms with Crippen molar-refractivity contribution in [2.45, 2.75) is 120 Å². The number of hydrogen-bond acceptors (Lipinski definition) is 12. The molecule has 1 unspecified atom stereocenters. The van der Waals surface area contributed by atoms with Crippen molar-refractivity contribution in [3.05, 3.63) is 357 Å². The number of rotatable bonds is 24. The number of ether oxygens (including phenoxy) is 7. The van der Waals surface area contributed by atoms with E-state index in [0.717, 1.165) is 33.9 Å². The van der Waals surface area contributed by atoms with Crippen molar-refractivity contribution < 1.29 is 57.1 Å². The Kier molecular flexibility index (Phi) is 32.8. The Hall–Kier alpha value is -11.8. The molecule has 4 heterocycles. The van der Waals surface area contributed by atoms with Crippen LogP contribution in [-0.2, 0) is 72.2 Å². The highest BCUT2D eigenvalue weighted by Gasteiger charge is 2.46. The van der Waals surface area contributed by atoms with E-state index < -0.39 is 17.9 Å². The summed E-state index contributed by atoms with van der Waals surface area (Å²) in [6, 6.07) is 99.1. The Morgan fingerprint density at radius 1 is 0.403 bits per heavy atom. The van der Waals surface area contributed by atoms with Gasteiger partial charge in [-0.1, -0.05) is 163 Å². The number of Topliss-reactive ketones (excluding diaryl/α,β-unsaturated/α-hetero) is 1. The lowest BCUT2D eigenvalue weighted by atomic mass is 9.87. The summed E-state index contributed by atoms with van der Waals surface area (Å²) in [4.78, 5) is 69.6. The van der Waals surface area contributed by atoms with Gasteiger partial charge in [0.2, 0.25) is 15.6 Å². The van der Waals surface area contributed by atoms with Crippen LogP contribution in [0.15, 0.2) is 381 Å². The Bertz CT molecular complexity index is 5770. The molecule has 1 aromatic heterocycles. The lowest BCUT2D eigenvalue weighted by Crippen LogP contribution is -2.45. The van der Waals surface area contributed by atoms with Gasteiger partial charge in [-0.2, -0.15) is 0 Å². The molecule has 13 aromatic rings. The van der Waals surface area contributed by atoms with Crippen LogP contribution in [0.3, 0.4) is 0 Å². The highest BCUT2D eigenvalue weighted by atomic mass is 32.2. The second kappa shape index (κ2) is 44.5. The number of benzene rings is 12. The van der Waals surface area contributed by atoms with Crippen LogP contribution in [0.5, 0.6) is 34.5 Å². The summed E-state index contributed by atoms with van der Waals surface area (Å²) < 4.78 is 41.0. The van der Waals surface area contributed by atoms with Crippen LogP contribution in [0.2, 0.25) is 0 Å². The highest BCUT2D eigenvalue weighted by molar-refractivity contribution is 7.98. The van der Waals surface area contributed by atoms with E-state index in [-0.39, 0.29) is 78.8 Å². The van der Waals surface area contributed by atoms with Crippen molar-refractivity contribution in [1.82, 2.24) is 0 Å². The van der Waals surface area contributed by atoms with E-state index in [1.807, 2.05) is 84.9 Å². The number of ketones is 1. The summed E-state index contributed by atoms with van der Waals surface area (Å²) in [5.41, 5.74) is 3.35. The molecule has 0 aliphatic carbocycles. The highest BCUT2D eigenvalue weighted by Crippen LogP contribution is 2.50. The van der Waals surface area contributed by atoms with Crippen LogP contribution in [0.25, 0.3) is 41.9 Å². The Morgan fingerprint density at radius 3 is 1.31 bits per heavy atom. The van der Waals surface area contributed by atoms with Crippen molar-refractivity contribution in [2.24, 2.45) is 5.41 Å². The molecule has 632 valence electrons. The van der Waals surface area contributed by atoms with Crippen LogP contribution >= 0.6 is 10.5 Å². The number of thiophene rings is 1. The molecule has 12 aromatic carbocycles. The molecule has 0 amide bonds. The maximum Gasteiger partial charge on any atom is 0.338 e. The summed E-state index contributed by atoms with van der Waals surface area (Å²) in [5, 5.41) is 4.93. The van der Waals surface area contributed by atoms with Gasteiger partial charge in [0.1, 0.15) is 83.3 Å². The standard InChI is InChI=1S/C24H21O4S.C24H21O3S.C21H29O3S.C20H17S.C18H19O2S/c1-17(2)24(25)27-16-15-26-18-11-13-19(14-12-18)29-22-9-5-3-7-20(22)28-21-8-4-6-10-23(21)29;1-17(2)24(25)27-16-15-26-18-11-13-19(14-12-18)28-22-9-5-3-7-20(22)21-8-4-6-10-23(21)28;1-15(2)20(23)24-17-11-9-16(10-12-17)18(22)19(21(3,4)5)25-13-7-6-8-14-25;1-2-17-13-15-20(16-14-17)21(18-9-5-3-6-10-18)19-11-7-4-8-12-19;1-13(2)18(19)20-16-9-10-17(21-11-5-6-12-21)15-8-4-3-7-14(15)16/h3-14H,1,15-16H2,2H3;3-14H,1,15-16H2,2H3;9-12,19H,1,6-8,13-14H2,2-5H3;2-16H,1H2;3-4,7-10H,1,5-6,11-12H2,2H3/q5*+1. The first-order chi connectivity index (χ1) is 60.0. The Morgan fingerprint density at radius 2 is 0.823 bits per heavy atom. The average molecular weight is 1750 g/mol. The number of fused-ring (bicyclic) bond motifs is 6. The molecule has 3 aliphatic rings. The molecule has 2 fully saturated rings. The summed E-state index contributed by atoms with van der Waals surface area (Å²) in [5.74, 6) is 7.89. The number of hydrogen-bond donors (Lipinski definition) is 0. The third-order valence-corrected chi connectivity index (χ3v) is 32.9. The fourth-order valence-corrected chi connectivity index (χ4v) is 26.7. The predicted molar refractivity (Wildman–Crippen MR) is 515 cm³/mol. The fourth-order valence-electron chi connectivity index (χ4n) is 14.3. The zero-order chi connectivity index (χ0) is 87.7. The summed E-state index contributed by atoms with van der Waals surface area (Å²) in [6.45, 7) is 32.2. The molecule has 1 atom stereocenters. The topological polar surface area (TPSA) is 150 Å². The van der Waals surface area contributed by atoms with Crippen molar-refractivity contribution in [2.75, 3.05) is 49.4 Å². The molecule has 2 saturated heterocycles. The molecule has 3 aliphatic heterocycles. The predicted octanol–water partition coefficient (Wildman–Crippen LogP) is 25.7. The van der Waals surface area contributed by atoms with E-state index in [1.54, 1.807) is 52.0 Å².